The lowest BCUT2D eigenvalue weighted by atomic mass is 10.2. The molecule has 4 aromatic rings. The molecule has 0 aliphatic heterocycles. The molecule has 2 N–H and O–H groups in total. The summed E-state index contributed by atoms with van der Waals surface area (Å²) in [5, 5.41) is 11.1. The lowest BCUT2D eigenvalue weighted by Crippen LogP contribution is -1.97. The smallest absolute Gasteiger partial charge is 0.123 e. The van der Waals surface area contributed by atoms with Crippen molar-refractivity contribution in [3.63, 3.8) is 0 Å². The SMILES string of the molecule is C=C(/N=C(C)\C=C/C)Nc1ccccc1.CCc1ccccc1.Cc1ccc2[nH]ncc2c1. The molecule has 0 radical (unpaired) electrons. The molecule has 3 aromatic carbocycles. The third-order valence-corrected chi connectivity index (χ3v) is 4.63. The van der Waals surface area contributed by atoms with Crippen molar-refractivity contribution in [2.75, 3.05) is 5.32 Å². The molecule has 0 fully saturated rings. The van der Waals surface area contributed by atoms with E-state index >= 15 is 0 Å². The fourth-order valence-corrected chi connectivity index (χ4v) is 2.98. The van der Waals surface area contributed by atoms with Crippen LogP contribution in [0.4, 0.5) is 5.69 Å². The molecular formula is C29H34N4. The zero-order valence-corrected chi connectivity index (χ0v) is 20.0. The van der Waals surface area contributed by atoms with Gasteiger partial charge in [-0.1, -0.05) is 79.7 Å². The van der Waals surface area contributed by atoms with Gasteiger partial charge in [0.1, 0.15) is 5.82 Å². The molecule has 0 amide bonds. The van der Waals surface area contributed by atoms with Gasteiger partial charge >= 0.3 is 0 Å². The third-order valence-electron chi connectivity index (χ3n) is 4.63. The first kappa shape index (κ1) is 25.3. The van der Waals surface area contributed by atoms with E-state index in [1.807, 2.05) is 74.7 Å². The van der Waals surface area contributed by atoms with E-state index in [2.05, 4.69) is 77.3 Å². The molecule has 170 valence electrons. The Morgan fingerprint density at radius 2 is 1.70 bits per heavy atom. The average Bonchev–Trinajstić information content (AvgIpc) is 3.29. The number of nitrogens with zero attached hydrogens (tertiary/aromatic N) is 2. The number of H-pyrrole nitrogens is 1. The van der Waals surface area contributed by atoms with Crippen molar-refractivity contribution in [1.82, 2.24) is 10.2 Å². The number of aromatic amines is 1. The summed E-state index contributed by atoms with van der Waals surface area (Å²) >= 11 is 0. The van der Waals surface area contributed by atoms with Crippen LogP contribution in [0, 0.1) is 6.92 Å². The average molecular weight is 439 g/mol. The number of benzene rings is 3. The molecule has 0 atom stereocenters. The molecule has 0 unspecified atom stereocenters. The van der Waals surface area contributed by atoms with E-state index in [0.29, 0.717) is 5.82 Å². The minimum absolute atomic E-state index is 0.650. The Balaban J connectivity index is 0.000000185. The Morgan fingerprint density at radius 1 is 1.03 bits per heavy atom. The molecule has 0 bridgehead atoms. The Hall–Kier alpha value is -3.92. The quantitative estimate of drug-likeness (QED) is 0.313. The Morgan fingerprint density at radius 3 is 2.30 bits per heavy atom. The summed E-state index contributed by atoms with van der Waals surface area (Å²) < 4.78 is 0. The van der Waals surface area contributed by atoms with Gasteiger partial charge in [-0.25, -0.2) is 4.99 Å². The van der Waals surface area contributed by atoms with Crippen LogP contribution in [-0.4, -0.2) is 15.9 Å². The van der Waals surface area contributed by atoms with Gasteiger partial charge in [-0.3, -0.25) is 5.10 Å². The number of rotatable bonds is 5. The fraction of sp³-hybridized carbons (Fsp3) is 0.172. The largest absolute Gasteiger partial charge is 0.341 e. The third kappa shape index (κ3) is 9.83. The number of aromatic nitrogens is 2. The fourth-order valence-electron chi connectivity index (χ4n) is 2.98. The predicted molar refractivity (Wildman–Crippen MR) is 144 cm³/mol. The van der Waals surface area contributed by atoms with E-state index in [0.717, 1.165) is 23.3 Å². The van der Waals surface area contributed by atoms with Crippen molar-refractivity contribution in [3.8, 4) is 0 Å². The summed E-state index contributed by atoms with van der Waals surface area (Å²) in [7, 11) is 0. The molecule has 4 heteroatoms. The van der Waals surface area contributed by atoms with Gasteiger partial charge in [0.05, 0.1) is 11.7 Å². The number of hydrogen-bond donors (Lipinski definition) is 2. The van der Waals surface area contributed by atoms with Crippen LogP contribution in [0.25, 0.3) is 10.9 Å². The summed E-state index contributed by atoms with van der Waals surface area (Å²) in [4.78, 5) is 4.29. The lowest BCUT2D eigenvalue weighted by molar-refractivity contribution is 1.12. The summed E-state index contributed by atoms with van der Waals surface area (Å²) in [5.74, 6) is 0.650. The first-order valence-corrected chi connectivity index (χ1v) is 11.1. The Labute approximate surface area is 197 Å². The molecule has 1 aromatic heterocycles. The Bertz CT molecular complexity index is 1160. The summed E-state index contributed by atoms with van der Waals surface area (Å²) in [6.07, 6.45) is 6.87. The highest BCUT2D eigenvalue weighted by Gasteiger charge is 1.93. The van der Waals surface area contributed by atoms with Gasteiger partial charge in [0.15, 0.2) is 0 Å². The first-order valence-electron chi connectivity index (χ1n) is 11.1. The van der Waals surface area contributed by atoms with Gasteiger partial charge in [-0.05, 0) is 63.1 Å². The minimum atomic E-state index is 0.650. The number of hydrogen-bond acceptors (Lipinski definition) is 3. The highest BCUT2D eigenvalue weighted by molar-refractivity contribution is 5.93. The normalized spacial score (nSPS) is 10.7. The second kappa shape index (κ2) is 14.2. The monoisotopic (exact) mass is 438 g/mol. The van der Waals surface area contributed by atoms with Crippen molar-refractivity contribution >= 4 is 22.3 Å². The predicted octanol–water partition coefficient (Wildman–Crippen LogP) is 7.73. The van der Waals surface area contributed by atoms with Crippen molar-refractivity contribution in [2.24, 2.45) is 4.99 Å². The first-order chi connectivity index (χ1) is 16.0. The van der Waals surface area contributed by atoms with Crippen LogP contribution < -0.4 is 5.32 Å². The van der Waals surface area contributed by atoms with Gasteiger partial charge < -0.3 is 5.32 Å². The van der Waals surface area contributed by atoms with Crippen LogP contribution in [0.15, 0.2) is 115 Å². The van der Waals surface area contributed by atoms with E-state index in [1.54, 1.807) is 0 Å². The van der Waals surface area contributed by atoms with Crippen molar-refractivity contribution < 1.29 is 0 Å². The number of aliphatic imine (C=N–C) groups is 1. The van der Waals surface area contributed by atoms with Crippen LogP contribution >= 0.6 is 0 Å². The molecule has 0 spiro atoms. The summed E-state index contributed by atoms with van der Waals surface area (Å²) in [6, 6.07) is 26.5. The van der Waals surface area contributed by atoms with Crippen LogP contribution in [0.1, 0.15) is 31.9 Å². The number of aryl methyl sites for hydroxylation is 2. The van der Waals surface area contributed by atoms with Crippen LogP contribution in [-0.2, 0) is 6.42 Å². The van der Waals surface area contributed by atoms with Gasteiger partial charge in [0, 0.05) is 16.8 Å². The van der Waals surface area contributed by atoms with Gasteiger partial charge in [0.25, 0.3) is 0 Å². The highest BCUT2D eigenvalue weighted by atomic mass is 15.1. The number of nitrogens with one attached hydrogen (secondary N) is 2. The van der Waals surface area contributed by atoms with E-state index in [1.165, 1.54) is 16.5 Å². The lowest BCUT2D eigenvalue weighted by Gasteiger charge is -2.04. The number of para-hydroxylation sites is 1. The molecule has 4 rings (SSSR count). The van der Waals surface area contributed by atoms with Crippen LogP contribution in [0.3, 0.4) is 0 Å². The second-order valence-corrected chi connectivity index (χ2v) is 7.49. The number of allylic oxidation sites excluding steroid dienone is 2. The van der Waals surface area contributed by atoms with Crippen molar-refractivity contribution in [1.29, 1.82) is 0 Å². The number of anilines is 1. The van der Waals surface area contributed by atoms with Gasteiger partial charge in [-0.2, -0.15) is 5.10 Å². The maximum absolute atomic E-state index is 4.29. The summed E-state index contributed by atoms with van der Waals surface area (Å²) in [6.45, 7) is 12.0. The zero-order valence-electron chi connectivity index (χ0n) is 20.0. The minimum Gasteiger partial charge on any atom is -0.341 e. The molecule has 4 nitrogen and oxygen atoms in total. The van der Waals surface area contributed by atoms with E-state index < -0.39 is 0 Å². The maximum atomic E-state index is 4.29. The molecule has 0 saturated heterocycles. The molecule has 0 saturated carbocycles. The van der Waals surface area contributed by atoms with Crippen LogP contribution in [0.2, 0.25) is 0 Å². The van der Waals surface area contributed by atoms with Gasteiger partial charge in [-0.15, -0.1) is 0 Å². The topological polar surface area (TPSA) is 53.1 Å². The molecule has 0 aliphatic carbocycles. The highest BCUT2D eigenvalue weighted by Crippen LogP contribution is 2.11. The van der Waals surface area contributed by atoms with Crippen molar-refractivity contribution in [2.45, 2.75) is 34.1 Å². The molecular weight excluding hydrogens is 404 g/mol. The Kier molecular flexibility index (Phi) is 10.9. The van der Waals surface area contributed by atoms with E-state index in [-0.39, 0.29) is 0 Å². The molecule has 1 heterocycles. The van der Waals surface area contributed by atoms with Gasteiger partial charge in [0.2, 0.25) is 0 Å². The van der Waals surface area contributed by atoms with E-state index in [4.69, 9.17) is 0 Å². The molecule has 0 aliphatic rings. The standard InChI is InChI=1S/C13H16N2.C8H8N2.C8H10/c1-4-8-11(2)14-12(3)15-13-9-6-5-7-10-13;1-6-2-3-8-7(4-6)5-9-10-8;1-2-8-6-4-3-5-7-8/h4-10,15H,3H2,1-2H3;2-5H,1H3,(H,9,10);3-7H,2H2,1H3/b8-4-,14-11-;;. The maximum Gasteiger partial charge on any atom is 0.123 e. The van der Waals surface area contributed by atoms with Crippen LogP contribution in [0.5, 0.6) is 0 Å². The summed E-state index contributed by atoms with van der Waals surface area (Å²) in [5.41, 5.74) is 5.72. The zero-order chi connectivity index (χ0) is 23.9. The number of fused-ring (bicyclic) bond motifs is 1. The second-order valence-electron chi connectivity index (χ2n) is 7.49. The molecule has 33 heavy (non-hydrogen) atoms. The van der Waals surface area contributed by atoms with E-state index in [9.17, 15) is 0 Å². The van der Waals surface area contributed by atoms with Crippen molar-refractivity contribution in [3.05, 3.63) is 121 Å².